The molecule has 0 aliphatic rings. The lowest BCUT2D eigenvalue weighted by Gasteiger charge is -1.92. The lowest BCUT2D eigenvalue weighted by atomic mass is 10.2. The predicted molar refractivity (Wildman–Crippen MR) is 73.9 cm³/mol. The molecule has 0 spiro atoms. The topological polar surface area (TPSA) is 50.4 Å². The van der Waals surface area contributed by atoms with Gasteiger partial charge in [-0.2, -0.15) is 5.10 Å². The molecule has 0 fully saturated rings. The van der Waals surface area contributed by atoms with Crippen LogP contribution >= 0.6 is 23.6 Å². The zero-order valence-electron chi connectivity index (χ0n) is 8.51. The Labute approximate surface area is 103 Å². The Morgan fingerprint density at radius 1 is 1.50 bits per heavy atom. The average molecular weight is 249 g/mol. The molecule has 0 aliphatic carbocycles. The summed E-state index contributed by atoms with van der Waals surface area (Å²) in [6.45, 7) is 0. The molecule has 0 unspecified atom stereocenters. The van der Waals surface area contributed by atoms with Gasteiger partial charge in [0.25, 0.3) is 0 Å². The maximum atomic E-state index is 5.24. The first-order valence-electron chi connectivity index (χ1n) is 4.80. The lowest BCUT2D eigenvalue weighted by Crippen LogP contribution is -2.24. The first kappa shape index (κ1) is 11.0. The summed E-state index contributed by atoms with van der Waals surface area (Å²) in [5, 5.41) is 5.37. The van der Waals surface area contributed by atoms with Gasteiger partial charge in [-0.3, -0.25) is 5.43 Å². The molecule has 2 rings (SSSR count). The Kier molecular flexibility index (Phi) is 3.48. The third kappa shape index (κ3) is 2.77. The van der Waals surface area contributed by atoms with Crippen molar-refractivity contribution in [3.8, 4) is 0 Å². The van der Waals surface area contributed by atoms with Crippen molar-refractivity contribution in [2.45, 2.75) is 6.42 Å². The van der Waals surface area contributed by atoms with E-state index in [2.05, 4.69) is 40.9 Å². The lowest BCUT2D eigenvalue weighted by molar-refractivity contribution is 1.03. The van der Waals surface area contributed by atoms with Gasteiger partial charge >= 0.3 is 0 Å². The second-order valence-electron chi connectivity index (χ2n) is 3.24. The molecule has 5 heteroatoms. The SMILES string of the molecule is NC(=S)NN=CCc1cc2ccccc2s1. The summed E-state index contributed by atoms with van der Waals surface area (Å²) >= 11 is 6.41. The maximum absolute atomic E-state index is 5.24. The molecule has 2 aromatic rings. The quantitative estimate of drug-likeness (QED) is 0.498. The Bertz CT molecular complexity index is 498. The molecule has 3 nitrogen and oxygen atoms in total. The van der Waals surface area contributed by atoms with E-state index >= 15 is 0 Å². The standard InChI is InChI=1S/C11H11N3S2/c12-11(15)14-13-6-5-9-7-8-3-1-2-4-10(8)16-9/h1-4,6-7H,5H2,(H3,12,14,15). The van der Waals surface area contributed by atoms with Crippen LogP contribution in [0, 0.1) is 0 Å². The largest absolute Gasteiger partial charge is 0.375 e. The van der Waals surface area contributed by atoms with Crippen LogP contribution in [0.5, 0.6) is 0 Å². The van der Waals surface area contributed by atoms with Crippen LogP contribution in [0.3, 0.4) is 0 Å². The van der Waals surface area contributed by atoms with E-state index in [4.69, 9.17) is 5.73 Å². The molecule has 1 aromatic carbocycles. The van der Waals surface area contributed by atoms with Gasteiger partial charge < -0.3 is 5.73 Å². The minimum absolute atomic E-state index is 0.188. The average Bonchev–Trinajstić information content (AvgIpc) is 2.66. The van der Waals surface area contributed by atoms with E-state index in [1.807, 2.05) is 12.1 Å². The van der Waals surface area contributed by atoms with Crippen molar-refractivity contribution < 1.29 is 0 Å². The van der Waals surface area contributed by atoms with E-state index in [1.54, 1.807) is 17.6 Å². The van der Waals surface area contributed by atoms with Gasteiger partial charge in [0.1, 0.15) is 0 Å². The number of nitrogens with one attached hydrogen (secondary N) is 1. The molecule has 0 aliphatic heterocycles. The van der Waals surface area contributed by atoms with Crippen LogP contribution in [0.2, 0.25) is 0 Å². The first-order valence-corrected chi connectivity index (χ1v) is 6.02. The second-order valence-corrected chi connectivity index (χ2v) is 4.85. The van der Waals surface area contributed by atoms with Gasteiger partial charge in [0.05, 0.1) is 0 Å². The van der Waals surface area contributed by atoms with Crippen molar-refractivity contribution in [1.29, 1.82) is 0 Å². The highest BCUT2D eigenvalue weighted by Crippen LogP contribution is 2.24. The molecule has 0 saturated heterocycles. The van der Waals surface area contributed by atoms with Gasteiger partial charge in [-0.25, -0.2) is 0 Å². The monoisotopic (exact) mass is 249 g/mol. The highest BCUT2D eigenvalue weighted by molar-refractivity contribution is 7.80. The molecule has 0 amide bonds. The number of thiocarbonyl (C=S) groups is 1. The van der Waals surface area contributed by atoms with E-state index in [-0.39, 0.29) is 5.11 Å². The minimum atomic E-state index is 0.188. The summed E-state index contributed by atoms with van der Waals surface area (Å²) in [6, 6.07) is 10.5. The van der Waals surface area contributed by atoms with Gasteiger partial charge in [-0.05, 0) is 29.7 Å². The molecule has 1 aromatic heterocycles. The van der Waals surface area contributed by atoms with Gasteiger partial charge in [-0.15, -0.1) is 11.3 Å². The number of thiophene rings is 1. The van der Waals surface area contributed by atoms with E-state index in [0.29, 0.717) is 0 Å². The summed E-state index contributed by atoms with van der Waals surface area (Å²) in [5.74, 6) is 0. The molecular weight excluding hydrogens is 238 g/mol. The maximum Gasteiger partial charge on any atom is 0.184 e. The number of hydrogen-bond acceptors (Lipinski definition) is 3. The van der Waals surface area contributed by atoms with E-state index in [9.17, 15) is 0 Å². The normalized spacial score (nSPS) is 11.0. The predicted octanol–water partition coefficient (Wildman–Crippen LogP) is 2.26. The van der Waals surface area contributed by atoms with Crippen molar-refractivity contribution in [2.24, 2.45) is 10.8 Å². The van der Waals surface area contributed by atoms with Gasteiger partial charge in [0.2, 0.25) is 0 Å². The van der Waals surface area contributed by atoms with Crippen LogP contribution < -0.4 is 11.2 Å². The van der Waals surface area contributed by atoms with Crippen LogP contribution in [0.1, 0.15) is 4.88 Å². The zero-order valence-corrected chi connectivity index (χ0v) is 10.1. The van der Waals surface area contributed by atoms with Crippen molar-refractivity contribution in [2.75, 3.05) is 0 Å². The third-order valence-corrected chi connectivity index (χ3v) is 3.26. The van der Waals surface area contributed by atoms with Crippen molar-refractivity contribution >= 4 is 45.0 Å². The fraction of sp³-hybridized carbons (Fsp3) is 0.0909. The van der Waals surface area contributed by atoms with Gasteiger partial charge in [0, 0.05) is 22.2 Å². The number of benzene rings is 1. The van der Waals surface area contributed by atoms with E-state index in [1.165, 1.54) is 15.0 Å². The van der Waals surface area contributed by atoms with Crippen molar-refractivity contribution in [3.05, 3.63) is 35.2 Å². The fourth-order valence-electron chi connectivity index (χ4n) is 1.38. The summed E-state index contributed by atoms with van der Waals surface area (Å²) < 4.78 is 1.30. The second kappa shape index (κ2) is 5.05. The zero-order chi connectivity index (χ0) is 11.4. The van der Waals surface area contributed by atoms with Gasteiger partial charge in [0.15, 0.2) is 5.11 Å². The van der Waals surface area contributed by atoms with Crippen LogP contribution in [0.15, 0.2) is 35.4 Å². The van der Waals surface area contributed by atoms with E-state index < -0.39 is 0 Å². The summed E-state index contributed by atoms with van der Waals surface area (Å²) in [4.78, 5) is 1.27. The molecule has 0 atom stereocenters. The number of rotatable bonds is 3. The Balaban J connectivity index is 2.04. The molecule has 82 valence electrons. The summed E-state index contributed by atoms with van der Waals surface area (Å²) in [7, 11) is 0. The van der Waals surface area contributed by atoms with Gasteiger partial charge in [-0.1, -0.05) is 18.2 Å². The molecule has 0 saturated carbocycles. The third-order valence-electron chi connectivity index (χ3n) is 2.04. The summed E-state index contributed by atoms with van der Waals surface area (Å²) in [5.41, 5.74) is 7.78. The Morgan fingerprint density at radius 2 is 2.31 bits per heavy atom. The number of hydrazone groups is 1. The molecule has 0 bridgehead atoms. The molecule has 16 heavy (non-hydrogen) atoms. The number of nitrogens with two attached hydrogens (primary N) is 1. The minimum Gasteiger partial charge on any atom is -0.375 e. The van der Waals surface area contributed by atoms with Crippen molar-refractivity contribution in [1.82, 2.24) is 5.43 Å². The summed E-state index contributed by atoms with van der Waals surface area (Å²) in [6.07, 6.45) is 2.55. The molecular formula is C11H11N3S2. The number of fused-ring (bicyclic) bond motifs is 1. The Hall–Kier alpha value is -1.46. The number of nitrogens with zero attached hydrogens (tertiary/aromatic N) is 1. The van der Waals surface area contributed by atoms with Crippen LogP contribution in [-0.4, -0.2) is 11.3 Å². The Morgan fingerprint density at radius 3 is 3.06 bits per heavy atom. The fourth-order valence-corrected chi connectivity index (χ4v) is 2.45. The van der Waals surface area contributed by atoms with Crippen LogP contribution in [0.4, 0.5) is 0 Å². The molecule has 3 N–H and O–H groups in total. The molecule has 1 heterocycles. The smallest absolute Gasteiger partial charge is 0.184 e. The molecule has 0 radical (unpaired) electrons. The first-order chi connectivity index (χ1) is 7.75. The van der Waals surface area contributed by atoms with Crippen molar-refractivity contribution in [3.63, 3.8) is 0 Å². The highest BCUT2D eigenvalue weighted by atomic mass is 32.1. The highest BCUT2D eigenvalue weighted by Gasteiger charge is 1.98. The van der Waals surface area contributed by atoms with Crippen LogP contribution in [0.25, 0.3) is 10.1 Å². The van der Waals surface area contributed by atoms with Crippen LogP contribution in [-0.2, 0) is 6.42 Å². The van der Waals surface area contributed by atoms with E-state index in [0.717, 1.165) is 6.42 Å². The number of hydrogen-bond donors (Lipinski definition) is 2.